The lowest BCUT2D eigenvalue weighted by Gasteiger charge is -2.16. The fourth-order valence-electron chi connectivity index (χ4n) is 3.46. The van der Waals surface area contributed by atoms with Crippen LogP contribution in [0.5, 0.6) is 0 Å². The minimum Gasteiger partial charge on any atom is -0.348 e. The van der Waals surface area contributed by atoms with Gasteiger partial charge in [-0.1, -0.05) is 36.4 Å². The summed E-state index contributed by atoms with van der Waals surface area (Å²) in [5.74, 6) is 0.112. The van der Waals surface area contributed by atoms with Crippen LogP contribution in [0.1, 0.15) is 39.9 Å². The number of hydrogen-bond acceptors (Lipinski definition) is 2. The standard InChI is InChI=1S/C22H27N3O2/c1-24(2)16-20-9-4-3-8-19(20)14-23-22(27)18-10-5-7-17(13-18)15-25-12-6-11-21(25)26/h3-5,7-10,13H,6,11-12,14-16H2,1-2H3,(H,23,27)/p+1. The molecule has 142 valence electrons. The van der Waals surface area contributed by atoms with Crippen LogP contribution in [0, 0.1) is 0 Å². The second-order valence-electron chi connectivity index (χ2n) is 7.45. The Morgan fingerprint density at radius 1 is 1.11 bits per heavy atom. The van der Waals surface area contributed by atoms with Crippen LogP contribution in [0.3, 0.4) is 0 Å². The maximum atomic E-state index is 12.6. The van der Waals surface area contributed by atoms with Crippen molar-refractivity contribution >= 4 is 11.8 Å². The molecule has 0 aliphatic carbocycles. The number of nitrogens with zero attached hydrogens (tertiary/aromatic N) is 1. The number of nitrogens with one attached hydrogen (secondary N) is 2. The molecule has 2 aromatic rings. The van der Waals surface area contributed by atoms with Crippen LogP contribution in [0.4, 0.5) is 0 Å². The van der Waals surface area contributed by atoms with Gasteiger partial charge in [0.25, 0.3) is 5.91 Å². The van der Waals surface area contributed by atoms with E-state index in [4.69, 9.17) is 0 Å². The molecule has 27 heavy (non-hydrogen) atoms. The molecular formula is C22H28N3O2+. The Labute approximate surface area is 161 Å². The number of benzene rings is 2. The smallest absolute Gasteiger partial charge is 0.251 e. The van der Waals surface area contributed by atoms with Gasteiger partial charge in [0.15, 0.2) is 0 Å². The van der Waals surface area contributed by atoms with E-state index in [2.05, 4.69) is 31.5 Å². The molecule has 3 rings (SSSR count). The molecule has 0 atom stereocenters. The molecule has 5 heteroatoms. The summed E-state index contributed by atoms with van der Waals surface area (Å²) < 4.78 is 0. The van der Waals surface area contributed by atoms with Gasteiger partial charge < -0.3 is 15.1 Å². The summed E-state index contributed by atoms with van der Waals surface area (Å²) in [6, 6.07) is 15.8. The van der Waals surface area contributed by atoms with Crippen LogP contribution in [0.25, 0.3) is 0 Å². The van der Waals surface area contributed by atoms with Gasteiger partial charge in [-0.3, -0.25) is 9.59 Å². The van der Waals surface area contributed by atoms with Gasteiger partial charge in [-0.05, 0) is 29.7 Å². The number of carbonyl (C=O) groups is 2. The quantitative estimate of drug-likeness (QED) is 0.778. The number of quaternary nitrogens is 1. The van der Waals surface area contributed by atoms with Crippen LogP contribution in [0.2, 0.25) is 0 Å². The van der Waals surface area contributed by atoms with E-state index in [-0.39, 0.29) is 11.8 Å². The fourth-order valence-corrected chi connectivity index (χ4v) is 3.46. The topological polar surface area (TPSA) is 53.9 Å². The molecule has 0 saturated carbocycles. The lowest BCUT2D eigenvalue weighted by atomic mass is 10.1. The zero-order valence-electron chi connectivity index (χ0n) is 16.1. The molecule has 1 aliphatic rings. The van der Waals surface area contributed by atoms with Gasteiger partial charge in [-0.25, -0.2) is 0 Å². The Bertz CT molecular complexity index is 817. The summed E-state index contributed by atoms with van der Waals surface area (Å²) in [5, 5.41) is 3.03. The predicted molar refractivity (Wildman–Crippen MR) is 105 cm³/mol. The second kappa shape index (κ2) is 8.82. The van der Waals surface area contributed by atoms with Crippen LogP contribution in [-0.2, 0) is 24.4 Å². The molecule has 1 saturated heterocycles. The maximum Gasteiger partial charge on any atom is 0.251 e. The normalized spacial score (nSPS) is 14.0. The molecule has 1 fully saturated rings. The SMILES string of the molecule is C[NH+](C)Cc1ccccc1CNC(=O)c1cccc(CN2CCCC2=O)c1. The van der Waals surface area contributed by atoms with Crippen LogP contribution >= 0.6 is 0 Å². The van der Waals surface area contributed by atoms with E-state index in [1.165, 1.54) is 10.5 Å². The first-order valence-electron chi connectivity index (χ1n) is 9.53. The third-order valence-electron chi connectivity index (χ3n) is 4.84. The first-order chi connectivity index (χ1) is 13.0. The number of likely N-dealkylation sites (tertiary alicyclic amines) is 1. The van der Waals surface area contributed by atoms with Gasteiger partial charge in [0.05, 0.1) is 14.1 Å². The molecule has 0 spiro atoms. The Morgan fingerprint density at radius 3 is 2.59 bits per heavy atom. The minimum absolute atomic E-state index is 0.0865. The average Bonchev–Trinajstić information content (AvgIpc) is 3.05. The minimum atomic E-state index is -0.0865. The Morgan fingerprint density at radius 2 is 1.89 bits per heavy atom. The molecule has 2 N–H and O–H groups in total. The summed E-state index contributed by atoms with van der Waals surface area (Å²) in [6.45, 7) is 2.82. The van der Waals surface area contributed by atoms with Crippen molar-refractivity contribution in [3.05, 3.63) is 70.8 Å². The van der Waals surface area contributed by atoms with Crippen molar-refractivity contribution < 1.29 is 14.5 Å². The van der Waals surface area contributed by atoms with Gasteiger partial charge in [0, 0.05) is 37.2 Å². The van der Waals surface area contributed by atoms with Crippen LogP contribution in [0.15, 0.2) is 48.5 Å². The summed E-state index contributed by atoms with van der Waals surface area (Å²) in [6.07, 6.45) is 1.56. The van der Waals surface area contributed by atoms with E-state index in [1.807, 2.05) is 41.3 Å². The molecular weight excluding hydrogens is 338 g/mol. The predicted octanol–water partition coefficient (Wildman–Crippen LogP) is 1.38. The molecule has 0 radical (unpaired) electrons. The summed E-state index contributed by atoms with van der Waals surface area (Å²) >= 11 is 0. The van der Waals surface area contributed by atoms with Crippen molar-refractivity contribution in [2.75, 3.05) is 20.6 Å². The van der Waals surface area contributed by atoms with Gasteiger partial charge in [0.2, 0.25) is 5.91 Å². The molecule has 0 unspecified atom stereocenters. The number of hydrogen-bond donors (Lipinski definition) is 2. The molecule has 0 bridgehead atoms. The largest absolute Gasteiger partial charge is 0.348 e. The molecule has 2 amide bonds. The highest BCUT2D eigenvalue weighted by Crippen LogP contribution is 2.15. The van der Waals surface area contributed by atoms with Crippen LogP contribution < -0.4 is 10.2 Å². The average molecular weight is 366 g/mol. The van der Waals surface area contributed by atoms with Gasteiger partial charge in [0.1, 0.15) is 6.54 Å². The van der Waals surface area contributed by atoms with Crippen LogP contribution in [-0.4, -0.2) is 37.4 Å². The highest BCUT2D eigenvalue weighted by molar-refractivity contribution is 5.94. The van der Waals surface area contributed by atoms with E-state index >= 15 is 0 Å². The zero-order chi connectivity index (χ0) is 19.2. The Kier molecular flexibility index (Phi) is 6.24. The Balaban J connectivity index is 1.63. The molecule has 2 aromatic carbocycles. The number of rotatable bonds is 7. The number of amides is 2. The molecule has 5 nitrogen and oxygen atoms in total. The second-order valence-corrected chi connectivity index (χ2v) is 7.45. The summed E-state index contributed by atoms with van der Waals surface area (Å²) in [7, 11) is 4.23. The van der Waals surface area contributed by atoms with Gasteiger partial charge in [-0.15, -0.1) is 0 Å². The third kappa shape index (κ3) is 5.17. The van der Waals surface area contributed by atoms with E-state index in [0.717, 1.165) is 30.6 Å². The highest BCUT2D eigenvalue weighted by atomic mass is 16.2. The highest BCUT2D eigenvalue weighted by Gasteiger charge is 2.20. The van der Waals surface area contributed by atoms with Crippen molar-refractivity contribution in [2.24, 2.45) is 0 Å². The van der Waals surface area contributed by atoms with E-state index in [9.17, 15) is 9.59 Å². The van der Waals surface area contributed by atoms with E-state index in [0.29, 0.717) is 25.1 Å². The van der Waals surface area contributed by atoms with Crippen molar-refractivity contribution in [3.63, 3.8) is 0 Å². The summed E-state index contributed by atoms with van der Waals surface area (Å²) in [4.78, 5) is 27.6. The lowest BCUT2D eigenvalue weighted by molar-refractivity contribution is -0.872. The van der Waals surface area contributed by atoms with Gasteiger partial charge >= 0.3 is 0 Å². The molecule has 1 heterocycles. The fraction of sp³-hybridized carbons (Fsp3) is 0.364. The number of carbonyl (C=O) groups excluding carboxylic acids is 2. The summed E-state index contributed by atoms with van der Waals surface area (Å²) in [5.41, 5.74) is 4.02. The first-order valence-corrected chi connectivity index (χ1v) is 9.53. The van der Waals surface area contributed by atoms with Crippen molar-refractivity contribution in [2.45, 2.75) is 32.5 Å². The van der Waals surface area contributed by atoms with E-state index in [1.54, 1.807) is 0 Å². The van der Waals surface area contributed by atoms with Crippen molar-refractivity contribution in [1.82, 2.24) is 10.2 Å². The Hall–Kier alpha value is -2.66. The lowest BCUT2D eigenvalue weighted by Crippen LogP contribution is -3.04. The zero-order valence-corrected chi connectivity index (χ0v) is 16.1. The maximum absolute atomic E-state index is 12.6. The van der Waals surface area contributed by atoms with E-state index < -0.39 is 0 Å². The third-order valence-corrected chi connectivity index (χ3v) is 4.84. The molecule has 0 aromatic heterocycles. The monoisotopic (exact) mass is 366 g/mol. The van der Waals surface area contributed by atoms with Crippen molar-refractivity contribution in [1.29, 1.82) is 0 Å². The molecule has 1 aliphatic heterocycles. The van der Waals surface area contributed by atoms with Crippen molar-refractivity contribution in [3.8, 4) is 0 Å². The first kappa shape index (κ1) is 19.1. The van der Waals surface area contributed by atoms with Gasteiger partial charge in [-0.2, -0.15) is 0 Å².